The second-order valence-corrected chi connectivity index (χ2v) is 7.34. The summed E-state index contributed by atoms with van der Waals surface area (Å²) in [5, 5.41) is 5.60. The van der Waals surface area contributed by atoms with Crippen LogP contribution in [0, 0.1) is 0 Å². The number of hydrogen-bond acceptors (Lipinski definition) is 4. The molecule has 0 spiro atoms. The molecule has 0 atom stereocenters. The Morgan fingerprint density at radius 3 is 2.29 bits per heavy atom. The molecule has 0 aliphatic carbocycles. The van der Waals surface area contributed by atoms with Gasteiger partial charge in [-0.2, -0.15) is 0 Å². The van der Waals surface area contributed by atoms with Crippen molar-refractivity contribution in [2.24, 2.45) is 0 Å². The largest absolute Gasteiger partial charge is 0.444 e. The van der Waals surface area contributed by atoms with Crippen molar-refractivity contribution in [3.05, 3.63) is 59.7 Å². The maximum absolute atomic E-state index is 12.4. The van der Waals surface area contributed by atoms with Gasteiger partial charge in [-0.1, -0.05) is 30.3 Å². The quantitative estimate of drug-likeness (QED) is 0.722. The van der Waals surface area contributed by atoms with Crippen LogP contribution in [0.1, 0.15) is 38.8 Å². The monoisotopic (exact) mass is 384 g/mol. The standard InChI is InChI=1S/C22H28N2O4/c1-5-27-15-17-8-6-7-9-19(17)24-20(25)14-16-10-12-18(13-11-16)23-21(26)28-22(2,3)4/h6-13H,5,14-15H2,1-4H3,(H,23,26)(H,24,25). The predicted octanol–water partition coefficient (Wildman–Crippen LogP) is 4.75. The molecule has 2 rings (SSSR count). The van der Waals surface area contributed by atoms with E-state index in [1.54, 1.807) is 45.0 Å². The van der Waals surface area contributed by atoms with Crippen LogP contribution in [0.5, 0.6) is 0 Å². The van der Waals surface area contributed by atoms with Gasteiger partial charge in [-0.05, 0) is 51.5 Å². The van der Waals surface area contributed by atoms with Crippen molar-refractivity contribution in [3.8, 4) is 0 Å². The molecule has 2 amide bonds. The van der Waals surface area contributed by atoms with Gasteiger partial charge in [0.2, 0.25) is 5.91 Å². The molecule has 0 aromatic heterocycles. The van der Waals surface area contributed by atoms with Crippen LogP contribution < -0.4 is 10.6 Å². The fraction of sp³-hybridized carbons (Fsp3) is 0.364. The van der Waals surface area contributed by atoms with Crippen molar-refractivity contribution >= 4 is 23.4 Å². The van der Waals surface area contributed by atoms with Crippen LogP contribution >= 0.6 is 0 Å². The highest BCUT2D eigenvalue weighted by molar-refractivity contribution is 5.93. The lowest BCUT2D eigenvalue weighted by atomic mass is 10.1. The minimum Gasteiger partial charge on any atom is -0.444 e. The average Bonchev–Trinajstić information content (AvgIpc) is 2.61. The van der Waals surface area contributed by atoms with E-state index < -0.39 is 11.7 Å². The summed E-state index contributed by atoms with van der Waals surface area (Å²) >= 11 is 0. The number of carbonyl (C=O) groups is 2. The van der Waals surface area contributed by atoms with Crippen LogP contribution in [0.2, 0.25) is 0 Å². The van der Waals surface area contributed by atoms with Gasteiger partial charge in [0, 0.05) is 23.5 Å². The summed E-state index contributed by atoms with van der Waals surface area (Å²) in [5.41, 5.74) is 2.59. The number of hydrogen-bond donors (Lipinski definition) is 2. The number of carbonyl (C=O) groups excluding carboxylic acids is 2. The van der Waals surface area contributed by atoms with Gasteiger partial charge in [-0.15, -0.1) is 0 Å². The van der Waals surface area contributed by atoms with Crippen molar-refractivity contribution in [2.45, 2.75) is 46.3 Å². The minimum atomic E-state index is -0.555. The summed E-state index contributed by atoms with van der Waals surface area (Å²) in [4.78, 5) is 24.2. The van der Waals surface area contributed by atoms with Gasteiger partial charge in [0.15, 0.2) is 0 Å². The van der Waals surface area contributed by atoms with E-state index in [0.29, 0.717) is 18.9 Å². The summed E-state index contributed by atoms with van der Waals surface area (Å²) in [6.45, 7) is 8.43. The van der Waals surface area contributed by atoms with Gasteiger partial charge < -0.3 is 14.8 Å². The van der Waals surface area contributed by atoms with Crippen LogP contribution in [0.3, 0.4) is 0 Å². The molecule has 6 nitrogen and oxygen atoms in total. The molecule has 6 heteroatoms. The van der Waals surface area contributed by atoms with E-state index in [1.165, 1.54) is 0 Å². The van der Waals surface area contributed by atoms with Gasteiger partial charge in [0.05, 0.1) is 13.0 Å². The lowest BCUT2D eigenvalue weighted by molar-refractivity contribution is -0.115. The zero-order chi connectivity index (χ0) is 20.6. The van der Waals surface area contributed by atoms with E-state index in [9.17, 15) is 9.59 Å². The zero-order valence-electron chi connectivity index (χ0n) is 16.9. The van der Waals surface area contributed by atoms with Crippen molar-refractivity contribution in [1.82, 2.24) is 0 Å². The molecule has 2 N–H and O–H groups in total. The summed E-state index contributed by atoms with van der Waals surface area (Å²) in [6, 6.07) is 14.7. The highest BCUT2D eigenvalue weighted by Crippen LogP contribution is 2.17. The van der Waals surface area contributed by atoms with Crippen molar-refractivity contribution < 1.29 is 19.1 Å². The van der Waals surface area contributed by atoms with E-state index in [0.717, 1.165) is 16.8 Å². The van der Waals surface area contributed by atoms with E-state index in [1.807, 2.05) is 31.2 Å². The molecule has 0 saturated carbocycles. The van der Waals surface area contributed by atoms with Gasteiger partial charge in [-0.25, -0.2) is 4.79 Å². The summed E-state index contributed by atoms with van der Waals surface area (Å²) in [5.74, 6) is -0.114. The van der Waals surface area contributed by atoms with Crippen LogP contribution in [-0.2, 0) is 27.3 Å². The summed E-state index contributed by atoms with van der Waals surface area (Å²) in [6.07, 6.45) is -0.278. The lowest BCUT2D eigenvalue weighted by Gasteiger charge is -2.19. The third-order valence-corrected chi connectivity index (χ3v) is 3.72. The average molecular weight is 384 g/mol. The maximum Gasteiger partial charge on any atom is 0.412 e. The minimum absolute atomic E-state index is 0.114. The Kier molecular flexibility index (Phi) is 7.58. The fourth-order valence-corrected chi connectivity index (χ4v) is 2.49. The number of benzene rings is 2. The first kappa shape index (κ1) is 21.4. The Balaban J connectivity index is 1.92. The number of nitrogens with one attached hydrogen (secondary N) is 2. The molecule has 0 saturated heterocycles. The highest BCUT2D eigenvalue weighted by atomic mass is 16.6. The number of ether oxygens (including phenoxy) is 2. The molecule has 2 aromatic rings. The van der Waals surface area contributed by atoms with Gasteiger partial charge in [0.25, 0.3) is 0 Å². The zero-order valence-corrected chi connectivity index (χ0v) is 16.9. The number of amides is 2. The van der Waals surface area contributed by atoms with Crippen LogP contribution in [0.4, 0.5) is 16.2 Å². The molecule has 0 heterocycles. The van der Waals surface area contributed by atoms with E-state index in [-0.39, 0.29) is 12.3 Å². The number of rotatable bonds is 7. The molecule has 2 aromatic carbocycles. The normalized spacial score (nSPS) is 11.0. The molecule has 0 fully saturated rings. The smallest absolute Gasteiger partial charge is 0.412 e. The third kappa shape index (κ3) is 7.40. The Morgan fingerprint density at radius 2 is 1.64 bits per heavy atom. The van der Waals surface area contributed by atoms with Gasteiger partial charge in [0.1, 0.15) is 5.60 Å². The molecular weight excluding hydrogens is 356 g/mol. The Labute approximate surface area is 166 Å². The molecule has 28 heavy (non-hydrogen) atoms. The summed E-state index contributed by atoms with van der Waals surface area (Å²) in [7, 11) is 0. The maximum atomic E-state index is 12.4. The van der Waals surface area contributed by atoms with Gasteiger partial charge >= 0.3 is 6.09 Å². The second kappa shape index (κ2) is 9.90. The lowest BCUT2D eigenvalue weighted by Crippen LogP contribution is -2.27. The van der Waals surface area contributed by atoms with Crippen LogP contribution in [0.25, 0.3) is 0 Å². The van der Waals surface area contributed by atoms with Gasteiger partial charge in [-0.3, -0.25) is 10.1 Å². The molecule has 0 aliphatic rings. The molecule has 0 aliphatic heterocycles. The second-order valence-electron chi connectivity index (χ2n) is 7.34. The van der Waals surface area contributed by atoms with Crippen molar-refractivity contribution in [2.75, 3.05) is 17.2 Å². The molecule has 0 unspecified atom stereocenters. The molecule has 150 valence electrons. The topological polar surface area (TPSA) is 76.7 Å². The first-order chi connectivity index (χ1) is 13.3. The first-order valence-corrected chi connectivity index (χ1v) is 9.31. The van der Waals surface area contributed by atoms with Crippen LogP contribution in [0.15, 0.2) is 48.5 Å². The Hall–Kier alpha value is -2.86. The van der Waals surface area contributed by atoms with Crippen molar-refractivity contribution in [1.29, 1.82) is 0 Å². The van der Waals surface area contributed by atoms with E-state index in [4.69, 9.17) is 9.47 Å². The molecular formula is C22H28N2O4. The molecule has 0 radical (unpaired) electrons. The summed E-state index contributed by atoms with van der Waals surface area (Å²) < 4.78 is 10.7. The Bertz CT molecular complexity index is 795. The first-order valence-electron chi connectivity index (χ1n) is 9.31. The SMILES string of the molecule is CCOCc1ccccc1NC(=O)Cc1ccc(NC(=O)OC(C)(C)C)cc1. The highest BCUT2D eigenvalue weighted by Gasteiger charge is 2.16. The van der Waals surface area contributed by atoms with E-state index in [2.05, 4.69) is 10.6 Å². The fourth-order valence-electron chi connectivity index (χ4n) is 2.49. The molecule has 0 bridgehead atoms. The van der Waals surface area contributed by atoms with E-state index >= 15 is 0 Å². The van der Waals surface area contributed by atoms with Crippen LogP contribution in [-0.4, -0.2) is 24.2 Å². The number of anilines is 2. The predicted molar refractivity (Wildman–Crippen MR) is 110 cm³/mol. The Morgan fingerprint density at radius 1 is 0.964 bits per heavy atom. The number of para-hydroxylation sites is 1. The third-order valence-electron chi connectivity index (χ3n) is 3.72. The van der Waals surface area contributed by atoms with Crippen molar-refractivity contribution in [3.63, 3.8) is 0 Å².